The van der Waals surface area contributed by atoms with Crippen molar-refractivity contribution < 1.29 is 19.4 Å². The molecule has 1 aliphatic carbocycles. The van der Waals surface area contributed by atoms with Crippen LogP contribution in [-0.4, -0.2) is 29.6 Å². The predicted octanol–water partition coefficient (Wildman–Crippen LogP) is 1.48. The average molecular weight is 214 g/mol. The summed E-state index contributed by atoms with van der Waals surface area (Å²) in [5.41, 5.74) is 0. The van der Waals surface area contributed by atoms with Crippen LogP contribution in [0.3, 0.4) is 0 Å². The SMILES string of the molecule is CC(C)C1CCC(=O)CC1OCC(=O)O. The largest absolute Gasteiger partial charge is 0.480 e. The first kappa shape index (κ1) is 12.2. The number of ether oxygens (including phenoxy) is 1. The van der Waals surface area contributed by atoms with Crippen LogP contribution in [0.4, 0.5) is 0 Å². The van der Waals surface area contributed by atoms with Crippen LogP contribution in [-0.2, 0) is 14.3 Å². The molecule has 0 aliphatic heterocycles. The molecule has 0 aromatic rings. The van der Waals surface area contributed by atoms with E-state index in [1.54, 1.807) is 0 Å². The Labute approximate surface area is 89.6 Å². The molecule has 0 aromatic carbocycles. The summed E-state index contributed by atoms with van der Waals surface area (Å²) >= 11 is 0. The number of hydrogen-bond donors (Lipinski definition) is 1. The van der Waals surface area contributed by atoms with Gasteiger partial charge in [-0.05, 0) is 18.3 Å². The van der Waals surface area contributed by atoms with Gasteiger partial charge < -0.3 is 9.84 Å². The molecule has 1 N–H and O–H groups in total. The minimum absolute atomic E-state index is 0.183. The molecular formula is C11H18O4. The summed E-state index contributed by atoms with van der Waals surface area (Å²) in [4.78, 5) is 21.6. The number of aliphatic carboxylic acids is 1. The van der Waals surface area contributed by atoms with E-state index >= 15 is 0 Å². The van der Waals surface area contributed by atoms with Gasteiger partial charge in [0, 0.05) is 12.8 Å². The van der Waals surface area contributed by atoms with E-state index < -0.39 is 5.97 Å². The van der Waals surface area contributed by atoms with Crippen molar-refractivity contribution in [2.75, 3.05) is 6.61 Å². The molecule has 0 heterocycles. The van der Waals surface area contributed by atoms with Gasteiger partial charge in [0.05, 0.1) is 6.10 Å². The Hall–Kier alpha value is -0.900. The van der Waals surface area contributed by atoms with Gasteiger partial charge >= 0.3 is 5.97 Å². The van der Waals surface area contributed by atoms with Gasteiger partial charge in [0.1, 0.15) is 12.4 Å². The van der Waals surface area contributed by atoms with Crippen LogP contribution < -0.4 is 0 Å². The Bertz CT molecular complexity index is 247. The van der Waals surface area contributed by atoms with Gasteiger partial charge in [-0.2, -0.15) is 0 Å². The molecule has 0 saturated heterocycles. The number of carboxylic acid groups (broad SMARTS) is 1. The highest BCUT2D eigenvalue weighted by molar-refractivity contribution is 5.79. The van der Waals surface area contributed by atoms with E-state index in [2.05, 4.69) is 13.8 Å². The maximum atomic E-state index is 11.3. The van der Waals surface area contributed by atoms with Crippen molar-refractivity contribution in [2.45, 2.75) is 39.2 Å². The number of rotatable bonds is 4. The first-order valence-electron chi connectivity index (χ1n) is 5.35. The van der Waals surface area contributed by atoms with E-state index in [9.17, 15) is 9.59 Å². The lowest BCUT2D eigenvalue weighted by atomic mass is 9.79. The summed E-state index contributed by atoms with van der Waals surface area (Å²) in [5, 5.41) is 8.52. The molecule has 4 heteroatoms. The zero-order chi connectivity index (χ0) is 11.4. The molecule has 0 amide bonds. The lowest BCUT2D eigenvalue weighted by Crippen LogP contribution is -2.36. The Balaban J connectivity index is 2.53. The van der Waals surface area contributed by atoms with E-state index in [4.69, 9.17) is 9.84 Å². The Morgan fingerprint density at radius 1 is 1.60 bits per heavy atom. The molecule has 2 atom stereocenters. The predicted molar refractivity (Wildman–Crippen MR) is 54.6 cm³/mol. The van der Waals surface area contributed by atoms with Crippen molar-refractivity contribution >= 4 is 11.8 Å². The monoisotopic (exact) mass is 214 g/mol. The van der Waals surface area contributed by atoms with Crippen LogP contribution in [0.15, 0.2) is 0 Å². The molecule has 0 spiro atoms. The van der Waals surface area contributed by atoms with Gasteiger partial charge in [-0.3, -0.25) is 4.79 Å². The topological polar surface area (TPSA) is 63.6 Å². The minimum Gasteiger partial charge on any atom is -0.480 e. The normalized spacial score (nSPS) is 27.0. The van der Waals surface area contributed by atoms with Gasteiger partial charge in [0.15, 0.2) is 0 Å². The van der Waals surface area contributed by atoms with Gasteiger partial charge in [0.25, 0.3) is 0 Å². The number of ketones is 1. The van der Waals surface area contributed by atoms with Crippen LogP contribution in [0.2, 0.25) is 0 Å². The summed E-state index contributed by atoms with van der Waals surface area (Å²) in [6, 6.07) is 0. The van der Waals surface area contributed by atoms with Crippen LogP contribution in [0, 0.1) is 11.8 Å². The van der Waals surface area contributed by atoms with Crippen LogP contribution in [0.5, 0.6) is 0 Å². The first-order chi connectivity index (χ1) is 7.00. The molecule has 1 aliphatic rings. The second-order valence-electron chi connectivity index (χ2n) is 4.43. The third-order valence-electron chi connectivity index (χ3n) is 2.94. The third-order valence-corrected chi connectivity index (χ3v) is 2.94. The van der Waals surface area contributed by atoms with Gasteiger partial charge in [-0.1, -0.05) is 13.8 Å². The molecule has 4 nitrogen and oxygen atoms in total. The number of carboxylic acids is 1. The second kappa shape index (κ2) is 5.26. The quantitative estimate of drug-likeness (QED) is 0.770. The van der Waals surface area contributed by atoms with E-state index in [0.29, 0.717) is 24.7 Å². The van der Waals surface area contributed by atoms with Crippen molar-refractivity contribution in [3.8, 4) is 0 Å². The van der Waals surface area contributed by atoms with E-state index in [0.717, 1.165) is 6.42 Å². The molecule has 0 bridgehead atoms. The van der Waals surface area contributed by atoms with Crippen LogP contribution in [0.1, 0.15) is 33.1 Å². The van der Waals surface area contributed by atoms with Gasteiger partial charge in [0.2, 0.25) is 0 Å². The van der Waals surface area contributed by atoms with E-state index in [1.165, 1.54) is 0 Å². The minimum atomic E-state index is -0.976. The number of Topliss-reactive ketones (excluding diaryl/α,β-unsaturated/α-hetero) is 1. The standard InChI is InChI=1S/C11H18O4/c1-7(2)9-4-3-8(12)5-10(9)15-6-11(13)14/h7,9-10H,3-6H2,1-2H3,(H,13,14). The molecule has 1 saturated carbocycles. The lowest BCUT2D eigenvalue weighted by molar-refractivity contribution is -0.149. The summed E-state index contributed by atoms with van der Waals surface area (Å²) in [7, 11) is 0. The van der Waals surface area contributed by atoms with E-state index in [1.807, 2.05) is 0 Å². The lowest BCUT2D eigenvalue weighted by Gasteiger charge is -2.33. The van der Waals surface area contributed by atoms with Crippen LogP contribution >= 0.6 is 0 Å². The summed E-state index contributed by atoms with van der Waals surface area (Å²) in [5.74, 6) is -0.0586. The van der Waals surface area contributed by atoms with Crippen LogP contribution in [0.25, 0.3) is 0 Å². The summed E-state index contributed by atoms with van der Waals surface area (Å²) in [6.45, 7) is 3.86. The zero-order valence-corrected chi connectivity index (χ0v) is 9.23. The molecule has 15 heavy (non-hydrogen) atoms. The maximum Gasteiger partial charge on any atom is 0.329 e. The molecule has 1 fully saturated rings. The maximum absolute atomic E-state index is 11.3. The molecule has 0 radical (unpaired) electrons. The molecule has 2 unspecified atom stereocenters. The second-order valence-corrected chi connectivity index (χ2v) is 4.43. The summed E-state index contributed by atoms with van der Waals surface area (Å²) < 4.78 is 5.27. The zero-order valence-electron chi connectivity index (χ0n) is 9.23. The molecule has 1 rings (SSSR count). The number of carbonyl (C=O) groups is 2. The van der Waals surface area contributed by atoms with Crippen molar-refractivity contribution in [3.05, 3.63) is 0 Å². The Kier molecular flexibility index (Phi) is 4.27. The van der Waals surface area contributed by atoms with Crippen molar-refractivity contribution in [1.82, 2.24) is 0 Å². The van der Waals surface area contributed by atoms with Crippen molar-refractivity contribution in [2.24, 2.45) is 11.8 Å². The fourth-order valence-corrected chi connectivity index (χ4v) is 2.11. The molecular weight excluding hydrogens is 196 g/mol. The van der Waals surface area contributed by atoms with Crippen molar-refractivity contribution in [1.29, 1.82) is 0 Å². The fourth-order valence-electron chi connectivity index (χ4n) is 2.11. The molecule has 86 valence electrons. The number of hydrogen-bond acceptors (Lipinski definition) is 3. The van der Waals surface area contributed by atoms with Gasteiger partial charge in [-0.25, -0.2) is 4.79 Å². The highest BCUT2D eigenvalue weighted by Gasteiger charge is 2.32. The number of carbonyl (C=O) groups excluding carboxylic acids is 1. The average Bonchev–Trinajstić information content (AvgIpc) is 2.14. The highest BCUT2D eigenvalue weighted by Crippen LogP contribution is 2.30. The Morgan fingerprint density at radius 3 is 2.80 bits per heavy atom. The Morgan fingerprint density at radius 2 is 2.27 bits per heavy atom. The smallest absolute Gasteiger partial charge is 0.329 e. The fraction of sp³-hybridized carbons (Fsp3) is 0.818. The summed E-state index contributed by atoms with van der Waals surface area (Å²) in [6.07, 6.45) is 1.59. The first-order valence-corrected chi connectivity index (χ1v) is 5.35. The third kappa shape index (κ3) is 3.63. The van der Waals surface area contributed by atoms with E-state index in [-0.39, 0.29) is 18.5 Å². The van der Waals surface area contributed by atoms with Gasteiger partial charge in [-0.15, -0.1) is 0 Å². The molecule has 0 aromatic heterocycles. The highest BCUT2D eigenvalue weighted by atomic mass is 16.5. The van der Waals surface area contributed by atoms with Crippen molar-refractivity contribution in [3.63, 3.8) is 0 Å².